The van der Waals surface area contributed by atoms with Crippen molar-refractivity contribution in [1.29, 1.82) is 0 Å². The van der Waals surface area contributed by atoms with Crippen LogP contribution in [0.5, 0.6) is 5.75 Å². The molecule has 0 aliphatic carbocycles. The lowest BCUT2D eigenvalue weighted by molar-refractivity contribution is 0.0920. The Hall–Kier alpha value is -0.580. The fourth-order valence-corrected chi connectivity index (χ4v) is 1.79. The lowest BCUT2D eigenvalue weighted by atomic mass is 10.2. The van der Waals surface area contributed by atoms with E-state index >= 15 is 0 Å². The van der Waals surface area contributed by atoms with Crippen molar-refractivity contribution in [2.24, 2.45) is 5.73 Å². The third kappa shape index (κ3) is 3.81. The van der Waals surface area contributed by atoms with Crippen molar-refractivity contribution in [1.82, 2.24) is 0 Å². The van der Waals surface area contributed by atoms with Crippen molar-refractivity contribution in [3.8, 4) is 5.75 Å². The van der Waals surface area contributed by atoms with E-state index in [4.69, 9.17) is 15.2 Å². The summed E-state index contributed by atoms with van der Waals surface area (Å²) in [7, 11) is 1.66. The van der Waals surface area contributed by atoms with E-state index in [0.29, 0.717) is 13.2 Å². The minimum Gasteiger partial charge on any atom is -0.488 e. The van der Waals surface area contributed by atoms with E-state index in [2.05, 4.69) is 15.9 Å². The molecule has 0 amide bonds. The van der Waals surface area contributed by atoms with Crippen molar-refractivity contribution >= 4 is 15.9 Å². The van der Waals surface area contributed by atoms with Gasteiger partial charge in [0.25, 0.3) is 0 Å². The van der Waals surface area contributed by atoms with Crippen molar-refractivity contribution in [2.45, 2.75) is 19.6 Å². The van der Waals surface area contributed by atoms with Crippen molar-refractivity contribution in [2.75, 3.05) is 13.7 Å². The standard InChI is InChI=1S/C11H16BrNO2/c1-8(7-14-2)15-10-4-3-9(6-13)11(12)5-10/h3-5,8H,6-7,13H2,1-2H3. The molecule has 0 spiro atoms. The van der Waals surface area contributed by atoms with Gasteiger partial charge in [-0.1, -0.05) is 22.0 Å². The highest BCUT2D eigenvalue weighted by atomic mass is 79.9. The molecule has 1 unspecified atom stereocenters. The zero-order valence-corrected chi connectivity index (χ0v) is 10.6. The highest BCUT2D eigenvalue weighted by Gasteiger charge is 2.05. The molecule has 0 aliphatic rings. The zero-order chi connectivity index (χ0) is 11.3. The molecule has 1 aromatic carbocycles. The van der Waals surface area contributed by atoms with Crippen LogP contribution in [0.3, 0.4) is 0 Å². The quantitative estimate of drug-likeness (QED) is 0.896. The number of methoxy groups -OCH3 is 1. The molecule has 0 heterocycles. The fourth-order valence-electron chi connectivity index (χ4n) is 1.27. The molecule has 0 bridgehead atoms. The summed E-state index contributed by atoms with van der Waals surface area (Å²) in [5.74, 6) is 0.823. The molecule has 0 aliphatic heterocycles. The van der Waals surface area contributed by atoms with Gasteiger partial charge < -0.3 is 15.2 Å². The van der Waals surface area contributed by atoms with Gasteiger partial charge in [-0.05, 0) is 24.6 Å². The van der Waals surface area contributed by atoms with Crippen LogP contribution in [-0.2, 0) is 11.3 Å². The van der Waals surface area contributed by atoms with Crippen LogP contribution in [-0.4, -0.2) is 19.8 Å². The van der Waals surface area contributed by atoms with Gasteiger partial charge in [0, 0.05) is 18.1 Å². The summed E-state index contributed by atoms with van der Waals surface area (Å²) in [6.07, 6.45) is 0.0469. The number of nitrogens with two attached hydrogens (primary N) is 1. The van der Waals surface area contributed by atoms with Crippen LogP contribution in [0.15, 0.2) is 22.7 Å². The molecule has 4 heteroatoms. The molecule has 0 radical (unpaired) electrons. The Morgan fingerprint density at radius 1 is 1.47 bits per heavy atom. The van der Waals surface area contributed by atoms with E-state index in [1.165, 1.54) is 0 Å². The fraction of sp³-hybridized carbons (Fsp3) is 0.455. The van der Waals surface area contributed by atoms with E-state index in [0.717, 1.165) is 15.8 Å². The highest BCUT2D eigenvalue weighted by Crippen LogP contribution is 2.23. The predicted octanol–water partition coefficient (Wildman–Crippen LogP) is 2.32. The summed E-state index contributed by atoms with van der Waals surface area (Å²) in [4.78, 5) is 0. The Labute approximate surface area is 98.7 Å². The van der Waals surface area contributed by atoms with Gasteiger partial charge in [-0.3, -0.25) is 0 Å². The molecule has 3 nitrogen and oxygen atoms in total. The molecule has 0 saturated carbocycles. The van der Waals surface area contributed by atoms with Crippen molar-refractivity contribution in [3.05, 3.63) is 28.2 Å². The summed E-state index contributed by atoms with van der Waals surface area (Å²) in [5.41, 5.74) is 6.63. The molecule has 0 aromatic heterocycles. The first-order chi connectivity index (χ1) is 7.17. The third-order valence-electron chi connectivity index (χ3n) is 1.98. The molecule has 1 rings (SSSR count). The van der Waals surface area contributed by atoms with E-state index in [1.807, 2.05) is 25.1 Å². The van der Waals surface area contributed by atoms with Gasteiger partial charge in [0.2, 0.25) is 0 Å². The molecular formula is C11H16BrNO2. The Balaban J connectivity index is 2.66. The average Bonchev–Trinajstić information content (AvgIpc) is 2.18. The lowest BCUT2D eigenvalue weighted by Gasteiger charge is -2.14. The Kier molecular flexibility index (Phi) is 5.08. The van der Waals surface area contributed by atoms with Crippen molar-refractivity contribution < 1.29 is 9.47 Å². The first-order valence-corrected chi connectivity index (χ1v) is 5.60. The summed E-state index contributed by atoms with van der Waals surface area (Å²) < 4.78 is 11.6. The largest absolute Gasteiger partial charge is 0.488 e. The van der Waals surface area contributed by atoms with Crippen molar-refractivity contribution in [3.63, 3.8) is 0 Å². The molecule has 1 aromatic rings. The van der Waals surface area contributed by atoms with Gasteiger partial charge >= 0.3 is 0 Å². The molecular weight excluding hydrogens is 258 g/mol. The van der Waals surface area contributed by atoms with Gasteiger partial charge in [0.05, 0.1) is 6.61 Å². The highest BCUT2D eigenvalue weighted by molar-refractivity contribution is 9.10. The second kappa shape index (κ2) is 6.10. The van der Waals surface area contributed by atoms with Crippen LogP contribution in [0, 0.1) is 0 Å². The first-order valence-electron chi connectivity index (χ1n) is 4.81. The maximum absolute atomic E-state index is 5.64. The van der Waals surface area contributed by atoms with Crippen LogP contribution in [0.1, 0.15) is 12.5 Å². The molecule has 84 valence electrons. The maximum Gasteiger partial charge on any atom is 0.120 e. The zero-order valence-electron chi connectivity index (χ0n) is 9.00. The van der Waals surface area contributed by atoms with Gasteiger partial charge in [0.1, 0.15) is 11.9 Å². The van der Waals surface area contributed by atoms with Crippen LogP contribution >= 0.6 is 15.9 Å². The van der Waals surface area contributed by atoms with Crippen LogP contribution in [0.25, 0.3) is 0 Å². The van der Waals surface area contributed by atoms with Crippen LogP contribution in [0.4, 0.5) is 0 Å². The topological polar surface area (TPSA) is 44.5 Å². The van der Waals surface area contributed by atoms with Gasteiger partial charge in [-0.15, -0.1) is 0 Å². The third-order valence-corrected chi connectivity index (χ3v) is 2.72. The number of hydrogen-bond donors (Lipinski definition) is 1. The Morgan fingerprint density at radius 3 is 2.73 bits per heavy atom. The number of ether oxygens (including phenoxy) is 2. The minimum atomic E-state index is 0.0469. The molecule has 0 saturated heterocycles. The lowest BCUT2D eigenvalue weighted by Crippen LogP contribution is -2.17. The number of halogens is 1. The normalized spacial score (nSPS) is 12.5. The summed E-state index contributed by atoms with van der Waals surface area (Å²) in [6, 6.07) is 5.80. The first kappa shape index (κ1) is 12.5. The molecule has 0 fully saturated rings. The monoisotopic (exact) mass is 273 g/mol. The van der Waals surface area contributed by atoms with E-state index in [1.54, 1.807) is 7.11 Å². The van der Waals surface area contributed by atoms with Gasteiger partial charge in [0.15, 0.2) is 0 Å². The molecule has 15 heavy (non-hydrogen) atoms. The number of hydrogen-bond acceptors (Lipinski definition) is 3. The van der Waals surface area contributed by atoms with E-state index in [9.17, 15) is 0 Å². The SMILES string of the molecule is COCC(C)Oc1ccc(CN)c(Br)c1. The van der Waals surface area contributed by atoms with Crippen LogP contribution in [0.2, 0.25) is 0 Å². The maximum atomic E-state index is 5.64. The average molecular weight is 274 g/mol. The molecule has 2 N–H and O–H groups in total. The van der Waals surface area contributed by atoms with Gasteiger partial charge in [-0.25, -0.2) is 0 Å². The second-order valence-electron chi connectivity index (χ2n) is 3.34. The smallest absolute Gasteiger partial charge is 0.120 e. The summed E-state index contributed by atoms with van der Waals surface area (Å²) >= 11 is 3.44. The second-order valence-corrected chi connectivity index (χ2v) is 4.20. The Morgan fingerprint density at radius 2 is 2.20 bits per heavy atom. The molecule has 1 atom stereocenters. The van der Waals surface area contributed by atoms with Gasteiger partial charge in [-0.2, -0.15) is 0 Å². The minimum absolute atomic E-state index is 0.0469. The number of rotatable bonds is 5. The summed E-state index contributed by atoms with van der Waals surface area (Å²) in [5, 5.41) is 0. The van der Waals surface area contributed by atoms with E-state index < -0.39 is 0 Å². The number of benzene rings is 1. The summed E-state index contributed by atoms with van der Waals surface area (Å²) in [6.45, 7) is 3.07. The van der Waals surface area contributed by atoms with E-state index in [-0.39, 0.29) is 6.10 Å². The van der Waals surface area contributed by atoms with Crippen LogP contribution < -0.4 is 10.5 Å². The predicted molar refractivity (Wildman–Crippen MR) is 64.0 cm³/mol. The Bertz CT molecular complexity index is 317.